The van der Waals surface area contributed by atoms with Crippen molar-refractivity contribution in [2.45, 2.75) is 25.0 Å². The lowest BCUT2D eigenvalue weighted by molar-refractivity contribution is -0.936. The Bertz CT molecular complexity index is 1170. The number of ketones is 1. The zero-order valence-electron chi connectivity index (χ0n) is 19.0. The van der Waals surface area contributed by atoms with Crippen molar-refractivity contribution >= 4 is 23.2 Å². The predicted molar refractivity (Wildman–Crippen MR) is 127 cm³/mol. The van der Waals surface area contributed by atoms with E-state index in [0.29, 0.717) is 39.6 Å². The van der Waals surface area contributed by atoms with Gasteiger partial charge in [0.2, 0.25) is 5.78 Å². The molecule has 1 atom stereocenters. The molecule has 1 amide bonds. The van der Waals surface area contributed by atoms with E-state index in [1.807, 2.05) is 0 Å². The van der Waals surface area contributed by atoms with Crippen molar-refractivity contribution in [2.75, 3.05) is 26.2 Å². The monoisotopic (exact) mass is 498 g/mol. The number of quaternary nitrogens is 1. The maximum Gasteiger partial charge on any atom is 0.408 e. The number of hydrogen-bond acceptors (Lipinski definition) is 5. The summed E-state index contributed by atoms with van der Waals surface area (Å²) in [5.41, 5.74) is 0.828. The summed E-state index contributed by atoms with van der Waals surface area (Å²) in [7, 11) is 0. The molecule has 3 aliphatic rings. The Labute approximate surface area is 206 Å². The summed E-state index contributed by atoms with van der Waals surface area (Å²) in [6, 6.07) is 11.4. The van der Waals surface area contributed by atoms with Crippen LogP contribution in [0.4, 0.5) is 13.6 Å². The molecule has 9 heteroatoms. The first-order chi connectivity index (χ1) is 16.9. The number of ether oxygens (including phenoxy) is 1. The SMILES string of the molecule is O=C(NC1C[N+]2(CC(=O)c3nccs3)CCC1CC2)OC(c1cccc(F)c1)c1cccc(F)c1. The van der Waals surface area contributed by atoms with Crippen molar-refractivity contribution in [3.63, 3.8) is 0 Å². The molecule has 1 aromatic heterocycles. The molecule has 3 fully saturated rings. The number of fused-ring (bicyclic) bond motifs is 3. The molecule has 0 radical (unpaired) electrons. The van der Waals surface area contributed by atoms with E-state index in [9.17, 15) is 18.4 Å². The van der Waals surface area contributed by atoms with Gasteiger partial charge in [0, 0.05) is 24.4 Å². The molecular formula is C26H26F2N3O3S+. The van der Waals surface area contributed by atoms with E-state index in [0.717, 1.165) is 25.9 Å². The number of carbonyl (C=O) groups is 2. The van der Waals surface area contributed by atoms with E-state index in [1.54, 1.807) is 23.7 Å². The number of rotatable bonds is 7. The highest BCUT2D eigenvalue weighted by atomic mass is 32.1. The smallest absolute Gasteiger partial charge is 0.408 e. The standard InChI is InChI=1S/C26H25F2N3O3S/c27-20-5-1-3-18(13-20)24(19-4-2-6-21(28)14-19)34-26(33)30-22-15-31(10-7-17(22)8-11-31)16-23(32)25-29-9-12-35-25/h1-6,9,12-14,17,22,24H,7-8,10-11,15-16H2/p+1. The Kier molecular flexibility index (Phi) is 6.62. The molecular weight excluding hydrogens is 472 g/mol. The topological polar surface area (TPSA) is 68.3 Å². The van der Waals surface area contributed by atoms with Crippen molar-refractivity contribution in [3.8, 4) is 0 Å². The second kappa shape index (κ2) is 9.83. The van der Waals surface area contributed by atoms with E-state index >= 15 is 0 Å². The first-order valence-electron chi connectivity index (χ1n) is 11.7. The molecule has 182 valence electrons. The molecule has 4 heterocycles. The van der Waals surface area contributed by atoms with Gasteiger partial charge in [-0.15, -0.1) is 11.3 Å². The molecule has 35 heavy (non-hydrogen) atoms. The Balaban J connectivity index is 1.30. The number of aromatic nitrogens is 1. The number of nitrogens with zero attached hydrogens (tertiary/aromatic N) is 2. The van der Waals surface area contributed by atoms with Gasteiger partial charge in [-0.2, -0.15) is 0 Å². The average molecular weight is 499 g/mol. The second-order valence-electron chi connectivity index (χ2n) is 9.37. The molecule has 2 bridgehead atoms. The summed E-state index contributed by atoms with van der Waals surface area (Å²) in [4.78, 5) is 29.9. The van der Waals surface area contributed by atoms with Crippen LogP contribution in [0.15, 0.2) is 60.1 Å². The Morgan fingerprint density at radius 1 is 1.09 bits per heavy atom. The van der Waals surface area contributed by atoms with Gasteiger partial charge in [-0.1, -0.05) is 24.3 Å². The average Bonchev–Trinajstić information content (AvgIpc) is 3.38. The third kappa shape index (κ3) is 5.26. The van der Waals surface area contributed by atoms with Gasteiger partial charge in [-0.05, 0) is 41.3 Å². The van der Waals surface area contributed by atoms with Crippen LogP contribution in [-0.2, 0) is 4.74 Å². The first kappa shape index (κ1) is 23.6. The molecule has 0 saturated carbocycles. The van der Waals surface area contributed by atoms with Gasteiger partial charge in [0.15, 0.2) is 11.1 Å². The molecule has 0 aliphatic carbocycles. The maximum absolute atomic E-state index is 13.9. The molecule has 6 nitrogen and oxygen atoms in total. The quantitative estimate of drug-likeness (QED) is 0.378. The minimum Gasteiger partial charge on any atom is -0.436 e. The fourth-order valence-corrected chi connectivity index (χ4v) is 5.94. The lowest BCUT2D eigenvalue weighted by Gasteiger charge is -2.52. The van der Waals surface area contributed by atoms with Gasteiger partial charge in [0.05, 0.1) is 25.7 Å². The third-order valence-electron chi connectivity index (χ3n) is 7.08. The Morgan fingerprint density at radius 3 is 2.31 bits per heavy atom. The van der Waals surface area contributed by atoms with Gasteiger partial charge in [0.1, 0.15) is 18.2 Å². The molecule has 3 aliphatic heterocycles. The summed E-state index contributed by atoms with van der Waals surface area (Å²) < 4.78 is 34.2. The lowest BCUT2D eigenvalue weighted by atomic mass is 9.81. The zero-order chi connectivity index (χ0) is 24.4. The normalized spacial score (nSPS) is 23.3. The fraction of sp³-hybridized carbons (Fsp3) is 0.346. The van der Waals surface area contributed by atoms with Gasteiger partial charge in [-0.25, -0.2) is 18.6 Å². The molecule has 3 aromatic rings. The van der Waals surface area contributed by atoms with E-state index in [4.69, 9.17) is 4.74 Å². The summed E-state index contributed by atoms with van der Waals surface area (Å²) in [6.45, 7) is 2.79. The highest BCUT2D eigenvalue weighted by molar-refractivity contribution is 7.11. The summed E-state index contributed by atoms with van der Waals surface area (Å²) in [6.07, 6.45) is 1.85. The number of thiazole rings is 1. The minimum atomic E-state index is -0.961. The zero-order valence-corrected chi connectivity index (χ0v) is 19.8. The van der Waals surface area contributed by atoms with Gasteiger partial charge < -0.3 is 14.5 Å². The van der Waals surface area contributed by atoms with Crippen molar-refractivity contribution in [3.05, 3.63) is 87.9 Å². The molecule has 0 spiro atoms. The van der Waals surface area contributed by atoms with E-state index in [1.165, 1.54) is 47.7 Å². The number of alkyl carbamates (subject to hydrolysis) is 1. The van der Waals surface area contributed by atoms with Crippen molar-refractivity contribution in [1.82, 2.24) is 10.3 Å². The maximum atomic E-state index is 13.9. The van der Waals surface area contributed by atoms with Gasteiger partial charge >= 0.3 is 6.09 Å². The summed E-state index contributed by atoms with van der Waals surface area (Å²) >= 11 is 1.34. The van der Waals surface area contributed by atoms with Gasteiger partial charge in [0.25, 0.3) is 0 Å². The number of benzene rings is 2. The Hall–Kier alpha value is -3.17. The van der Waals surface area contributed by atoms with Crippen molar-refractivity contribution in [2.24, 2.45) is 5.92 Å². The highest BCUT2D eigenvalue weighted by Crippen LogP contribution is 2.35. The summed E-state index contributed by atoms with van der Waals surface area (Å²) in [5, 5.41) is 5.30. The van der Waals surface area contributed by atoms with Crippen LogP contribution in [0.5, 0.6) is 0 Å². The molecule has 6 rings (SSSR count). The highest BCUT2D eigenvalue weighted by Gasteiger charge is 2.47. The van der Waals surface area contributed by atoms with E-state index in [2.05, 4.69) is 10.3 Å². The number of carbonyl (C=O) groups excluding carboxylic acids is 2. The van der Waals surface area contributed by atoms with Crippen LogP contribution in [0.2, 0.25) is 0 Å². The van der Waals surface area contributed by atoms with Crippen molar-refractivity contribution < 1.29 is 27.6 Å². The van der Waals surface area contributed by atoms with Crippen LogP contribution in [0.25, 0.3) is 0 Å². The lowest BCUT2D eigenvalue weighted by Crippen LogP contribution is -2.68. The second-order valence-corrected chi connectivity index (χ2v) is 10.3. The van der Waals surface area contributed by atoms with Crippen LogP contribution in [-0.4, -0.2) is 53.6 Å². The number of nitrogens with one attached hydrogen (secondary N) is 1. The third-order valence-corrected chi connectivity index (χ3v) is 7.90. The van der Waals surface area contributed by atoms with Crippen LogP contribution in [0, 0.1) is 17.6 Å². The van der Waals surface area contributed by atoms with Crippen LogP contribution in [0.1, 0.15) is 39.9 Å². The van der Waals surface area contributed by atoms with Crippen LogP contribution in [0.3, 0.4) is 0 Å². The predicted octanol–water partition coefficient (Wildman–Crippen LogP) is 4.73. The molecule has 1 N–H and O–H groups in total. The summed E-state index contributed by atoms with van der Waals surface area (Å²) in [5.74, 6) is -0.610. The van der Waals surface area contributed by atoms with Crippen molar-refractivity contribution in [1.29, 1.82) is 0 Å². The first-order valence-corrected chi connectivity index (χ1v) is 12.5. The largest absolute Gasteiger partial charge is 0.436 e. The number of piperidine rings is 3. The van der Waals surface area contributed by atoms with Crippen LogP contribution < -0.4 is 5.32 Å². The number of amides is 1. The fourth-order valence-electron chi connectivity index (χ4n) is 5.37. The number of Topliss-reactive ketones (excluding diaryl/α,β-unsaturated/α-hetero) is 1. The molecule has 1 unspecified atom stereocenters. The van der Waals surface area contributed by atoms with E-state index < -0.39 is 23.8 Å². The number of halogens is 2. The van der Waals surface area contributed by atoms with Crippen LogP contribution >= 0.6 is 11.3 Å². The molecule has 3 saturated heterocycles. The van der Waals surface area contributed by atoms with E-state index in [-0.39, 0.29) is 11.8 Å². The molecule has 2 aromatic carbocycles. The Morgan fingerprint density at radius 2 is 1.74 bits per heavy atom. The van der Waals surface area contributed by atoms with Gasteiger partial charge in [-0.3, -0.25) is 4.79 Å². The minimum absolute atomic E-state index is 0.0268. The number of hydrogen-bond donors (Lipinski definition) is 1.